The Bertz CT molecular complexity index is 1030. The lowest BCUT2D eigenvalue weighted by atomic mass is 10.2. The molecule has 2 aromatic rings. The van der Waals surface area contributed by atoms with Crippen LogP contribution in [0.2, 0.25) is 0 Å². The number of hydrogen-bond donors (Lipinski definition) is 0. The number of amides is 1. The lowest BCUT2D eigenvalue weighted by Gasteiger charge is -2.24. The van der Waals surface area contributed by atoms with Gasteiger partial charge in [0.15, 0.2) is 15.0 Å². The van der Waals surface area contributed by atoms with Gasteiger partial charge in [-0.3, -0.25) is 4.79 Å². The van der Waals surface area contributed by atoms with E-state index >= 15 is 0 Å². The van der Waals surface area contributed by atoms with Crippen molar-refractivity contribution >= 4 is 38.4 Å². The molecule has 2 fully saturated rings. The predicted octanol–water partition coefficient (Wildman–Crippen LogP) is 3.74. The van der Waals surface area contributed by atoms with Crippen LogP contribution >= 0.6 is 11.8 Å². The molecule has 0 N–H and O–H groups in total. The van der Waals surface area contributed by atoms with Crippen LogP contribution in [-0.4, -0.2) is 42.3 Å². The highest BCUT2D eigenvalue weighted by Crippen LogP contribution is 2.41. The number of nitrogens with zero attached hydrogens (tertiary/aromatic N) is 2. The van der Waals surface area contributed by atoms with Gasteiger partial charge in [0.05, 0.1) is 17.5 Å². The fourth-order valence-electron chi connectivity index (χ4n) is 3.39. The second kappa shape index (κ2) is 7.84. The maximum absolute atomic E-state index is 12.2. The van der Waals surface area contributed by atoms with Crippen LogP contribution < -0.4 is 9.64 Å². The molecule has 2 aliphatic heterocycles. The molecule has 1 amide bonds. The summed E-state index contributed by atoms with van der Waals surface area (Å²) in [6.07, 6.45) is 0. The molecule has 2 heterocycles. The van der Waals surface area contributed by atoms with E-state index in [0.29, 0.717) is 10.9 Å². The standard InChI is InChI=1S/C21H22N2O4S2/c1-14(2)20(24)22-21-23(18-12-29(25,26)13-19(18)28-21)15-8-10-17(11-9-15)27-16-6-4-3-5-7-16/h3-11,14,18-19H,12-13H2,1-2H3/t18-,19+/m0/s1. The molecule has 0 saturated carbocycles. The first-order valence-electron chi connectivity index (χ1n) is 9.44. The monoisotopic (exact) mass is 430 g/mol. The van der Waals surface area contributed by atoms with E-state index in [1.54, 1.807) is 13.8 Å². The number of anilines is 1. The first-order valence-corrected chi connectivity index (χ1v) is 12.1. The minimum Gasteiger partial charge on any atom is -0.457 e. The minimum absolute atomic E-state index is 0.0713. The van der Waals surface area contributed by atoms with Gasteiger partial charge in [-0.15, -0.1) is 0 Å². The molecule has 0 unspecified atom stereocenters. The van der Waals surface area contributed by atoms with E-state index in [2.05, 4.69) is 4.99 Å². The number of rotatable bonds is 4. The van der Waals surface area contributed by atoms with Gasteiger partial charge in [-0.1, -0.05) is 43.8 Å². The Morgan fingerprint density at radius 2 is 1.72 bits per heavy atom. The molecule has 0 radical (unpaired) electrons. The fourth-order valence-corrected chi connectivity index (χ4v) is 7.31. The van der Waals surface area contributed by atoms with Crippen LogP contribution in [0.25, 0.3) is 0 Å². The number of benzene rings is 2. The molecule has 0 aromatic heterocycles. The topological polar surface area (TPSA) is 76.0 Å². The summed E-state index contributed by atoms with van der Waals surface area (Å²) >= 11 is 1.38. The summed E-state index contributed by atoms with van der Waals surface area (Å²) in [5.41, 5.74) is 0.804. The molecular formula is C21H22N2O4S2. The van der Waals surface area contributed by atoms with Gasteiger partial charge in [-0.2, -0.15) is 4.99 Å². The van der Waals surface area contributed by atoms with Gasteiger partial charge < -0.3 is 9.64 Å². The van der Waals surface area contributed by atoms with Crippen molar-refractivity contribution in [3.05, 3.63) is 54.6 Å². The summed E-state index contributed by atoms with van der Waals surface area (Å²) in [6.45, 7) is 3.61. The Balaban J connectivity index is 1.63. The summed E-state index contributed by atoms with van der Waals surface area (Å²) in [5, 5.41) is 0.462. The third-order valence-corrected chi connectivity index (χ3v) is 8.07. The summed E-state index contributed by atoms with van der Waals surface area (Å²) in [6, 6.07) is 16.7. The second-order valence-corrected chi connectivity index (χ2v) is 10.8. The SMILES string of the molecule is CC(C)C(=O)N=C1S[C@@H]2CS(=O)(=O)C[C@@H]2N1c1ccc(Oc2ccccc2)cc1. The highest BCUT2D eigenvalue weighted by atomic mass is 32.2. The van der Waals surface area contributed by atoms with Crippen molar-refractivity contribution in [2.45, 2.75) is 25.1 Å². The van der Waals surface area contributed by atoms with Crippen molar-refractivity contribution in [3.63, 3.8) is 0 Å². The zero-order valence-electron chi connectivity index (χ0n) is 16.2. The number of amidine groups is 1. The molecule has 2 atom stereocenters. The maximum Gasteiger partial charge on any atom is 0.250 e. The highest BCUT2D eigenvalue weighted by Gasteiger charge is 2.49. The van der Waals surface area contributed by atoms with Gasteiger partial charge in [0.25, 0.3) is 5.91 Å². The maximum atomic E-state index is 12.2. The van der Waals surface area contributed by atoms with Crippen molar-refractivity contribution in [2.75, 3.05) is 16.4 Å². The molecule has 29 heavy (non-hydrogen) atoms. The van der Waals surface area contributed by atoms with E-state index in [4.69, 9.17) is 4.74 Å². The number of aliphatic imine (C=N–C) groups is 1. The lowest BCUT2D eigenvalue weighted by Crippen LogP contribution is -2.37. The van der Waals surface area contributed by atoms with Crippen LogP contribution in [0.3, 0.4) is 0 Å². The van der Waals surface area contributed by atoms with Crippen molar-refractivity contribution in [1.82, 2.24) is 0 Å². The minimum atomic E-state index is -3.09. The zero-order valence-corrected chi connectivity index (χ0v) is 17.8. The van der Waals surface area contributed by atoms with Crippen molar-refractivity contribution < 1.29 is 17.9 Å². The predicted molar refractivity (Wildman–Crippen MR) is 117 cm³/mol. The van der Waals surface area contributed by atoms with Crippen LogP contribution in [0.4, 0.5) is 5.69 Å². The van der Waals surface area contributed by atoms with Gasteiger partial charge >= 0.3 is 0 Å². The number of ether oxygens (including phenoxy) is 1. The van der Waals surface area contributed by atoms with E-state index in [1.807, 2.05) is 59.5 Å². The molecule has 2 aromatic carbocycles. The number of fused-ring (bicyclic) bond motifs is 1. The Morgan fingerprint density at radius 1 is 1.07 bits per heavy atom. The molecule has 4 rings (SSSR count). The van der Waals surface area contributed by atoms with Crippen LogP contribution in [0.5, 0.6) is 11.5 Å². The van der Waals surface area contributed by atoms with Gasteiger partial charge in [0.2, 0.25) is 0 Å². The van der Waals surface area contributed by atoms with Gasteiger partial charge in [0, 0.05) is 16.9 Å². The normalized spacial score (nSPS) is 24.1. The number of hydrogen-bond acceptors (Lipinski definition) is 5. The summed E-state index contributed by atoms with van der Waals surface area (Å²) in [7, 11) is -3.09. The van der Waals surface area contributed by atoms with Crippen molar-refractivity contribution in [3.8, 4) is 11.5 Å². The quantitative estimate of drug-likeness (QED) is 0.736. The zero-order chi connectivity index (χ0) is 20.6. The first-order chi connectivity index (χ1) is 13.8. The second-order valence-electron chi connectivity index (χ2n) is 7.47. The number of carbonyl (C=O) groups excluding carboxylic acids is 1. The average Bonchev–Trinajstić information content (AvgIpc) is 3.14. The molecule has 8 heteroatoms. The van der Waals surface area contributed by atoms with E-state index < -0.39 is 9.84 Å². The van der Waals surface area contributed by atoms with Gasteiger partial charge in [0.1, 0.15) is 11.5 Å². The van der Waals surface area contributed by atoms with Gasteiger partial charge in [-0.25, -0.2) is 8.42 Å². The van der Waals surface area contributed by atoms with Crippen LogP contribution in [0, 0.1) is 5.92 Å². The third-order valence-electron chi connectivity index (χ3n) is 4.86. The molecule has 2 aliphatic rings. The van der Waals surface area contributed by atoms with Crippen LogP contribution in [0.1, 0.15) is 13.8 Å². The average molecular weight is 431 g/mol. The number of carbonyl (C=O) groups is 1. The van der Waals surface area contributed by atoms with Crippen LogP contribution in [-0.2, 0) is 14.6 Å². The summed E-state index contributed by atoms with van der Waals surface area (Å²) < 4.78 is 30.1. The Kier molecular flexibility index (Phi) is 5.40. The van der Waals surface area contributed by atoms with E-state index in [9.17, 15) is 13.2 Å². The van der Waals surface area contributed by atoms with Crippen molar-refractivity contribution in [2.24, 2.45) is 10.9 Å². The first kappa shape index (κ1) is 20.0. The fraction of sp³-hybridized carbons (Fsp3) is 0.333. The van der Waals surface area contributed by atoms with E-state index in [-0.39, 0.29) is 34.6 Å². The van der Waals surface area contributed by atoms with Gasteiger partial charge in [-0.05, 0) is 36.4 Å². The Hall–Kier alpha value is -2.32. The summed E-state index contributed by atoms with van der Waals surface area (Å²) in [5.74, 6) is 1.19. The Labute approximate surface area is 174 Å². The molecule has 0 aliphatic carbocycles. The molecular weight excluding hydrogens is 408 g/mol. The van der Waals surface area contributed by atoms with E-state index in [1.165, 1.54) is 11.8 Å². The number of sulfone groups is 1. The van der Waals surface area contributed by atoms with E-state index in [0.717, 1.165) is 11.4 Å². The van der Waals surface area contributed by atoms with Crippen LogP contribution in [0.15, 0.2) is 59.6 Å². The highest BCUT2D eigenvalue weighted by molar-refractivity contribution is 8.16. The molecule has 0 spiro atoms. The van der Waals surface area contributed by atoms with Crippen molar-refractivity contribution in [1.29, 1.82) is 0 Å². The third kappa shape index (κ3) is 4.33. The Morgan fingerprint density at radius 3 is 2.38 bits per heavy atom. The molecule has 6 nitrogen and oxygen atoms in total. The molecule has 152 valence electrons. The lowest BCUT2D eigenvalue weighted by molar-refractivity contribution is -0.120. The molecule has 0 bridgehead atoms. The number of para-hydroxylation sites is 1. The smallest absolute Gasteiger partial charge is 0.250 e. The molecule has 2 saturated heterocycles. The largest absolute Gasteiger partial charge is 0.457 e. The summed E-state index contributed by atoms with van der Waals surface area (Å²) in [4.78, 5) is 18.4. The number of thioether (sulfide) groups is 1.